The molecule has 1 aromatic heterocycles. The first-order valence-electron chi connectivity index (χ1n) is 6.86. The van der Waals surface area contributed by atoms with Crippen LogP contribution in [-0.4, -0.2) is 17.0 Å². The van der Waals surface area contributed by atoms with Gasteiger partial charge in [0.2, 0.25) is 0 Å². The molecule has 2 aromatic carbocycles. The zero-order chi connectivity index (χ0) is 15.5. The molecule has 6 nitrogen and oxygen atoms in total. The van der Waals surface area contributed by atoms with Crippen molar-refractivity contribution in [2.45, 2.75) is 6.92 Å². The maximum Gasteiger partial charge on any atom is 0.308 e. The SMILES string of the molecule is Cc1nc(N(C)c2ccc(N[N+]#N)cc2)c2ccccc2n1. The lowest BCUT2D eigenvalue weighted by Crippen LogP contribution is -2.13. The maximum absolute atomic E-state index is 8.51. The Morgan fingerprint density at radius 2 is 1.77 bits per heavy atom. The van der Waals surface area contributed by atoms with Crippen LogP contribution in [0.2, 0.25) is 0 Å². The number of aryl methyl sites for hydroxylation is 1. The van der Waals surface area contributed by atoms with Gasteiger partial charge in [0.05, 0.1) is 5.52 Å². The van der Waals surface area contributed by atoms with E-state index in [0.29, 0.717) is 5.69 Å². The molecule has 1 heterocycles. The molecule has 0 saturated carbocycles. The molecule has 0 radical (unpaired) electrons. The van der Waals surface area contributed by atoms with Gasteiger partial charge in [-0.05, 0) is 48.7 Å². The minimum atomic E-state index is 0.711. The third-order valence-electron chi connectivity index (χ3n) is 3.45. The van der Waals surface area contributed by atoms with Crippen molar-refractivity contribution in [2.24, 2.45) is 0 Å². The highest BCUT2D eigenvalue weighted by molar-refractivity contribution is 5.91. The molecule has 0 amide bonds. The number of diazo groups is 1. The molecule has 1 N–H and O–H groups in total. The molecule has 0 saturated heterocycles. The number of fused-ring (bicyclic) bond motifs is 1. The van der Waals surface area contributed by atoms with Crippen LogP contribution >= 0.6 is 0 Å². The summed E-state index contributed by atoms with van der Waals surface area (Å²) in [4.78, 5) is 11.1. The summed E-state index contributed by atoms with van der Waals surface area (Å²) in [5.41, 5.74) is 5.10. The van der Waals surface area contributed by atoms with Crippen molar-refractivity contribution in [2.75, 3.05) is 17.4 Å². The summed E-state index contributed by atoms with van der Waals surface area (Å²) < 4.78 is 0. The molecule has 0 atom stereocenters. The van der Waals surface area contributed by atoms with Crippen LogP contribution in [0.1, 0.15) is 5.82 Å². The summed E-state index contributed by atoms with van der Waals surface area (Å²) in [5, 5.41) is 12.4. The smallest absolute Gasteiger partial charge is 0.308 e. The maximum atomic E-state index is 8.51. The minimum Gasteiger partial charge on any atom is -0.329 e. The Labute approximate surface area is 128 Å². The van der Waals surface area contributed by atoms with E-state index >= 15 is 0 Å². The minimum absolute atomic E-state index is 0.711. The lowest BCUT2D eigenvalue weighted by Gasteiger charge is -2.20. The number of para-hydroxylation sites is 1. The predicted molar refractivity (Wildman–Crippen MR) is 87.5 cm³/mol. The van der Waals surface area contributed by atoms with Crippen LogP contribution in [-0.2, 0) is 0 Å². The fourth-order valence-corrected chi connectivity index (χ4v) is 2.37. The van der Waals surface area contributed by atoms with Gasteiger partial charge in [0.15, 0.2) is 0 Å². The second-order valence-corrected chi connectivity index (χ2v) is 4.93. The Morgan fingerprint density at radius 1 is 1.05 bits per heavy atom. The van der Waals surface area contributed by atoms with Crippen molar-refractivity contribution in [3.63, 3.8) is 0 Å². The van der Waals surface area contributed by atoms with Gasteiger partial charge in [0, 0.05) is 18.1 Å². The molecular weight excluding hydrogens is 276 g/mol. The third kappa shape index (κ3) is 2.52. The molecule has 0 bridgehead atoms. The van der Waals surface area contributed by atoms with Gasteiger partial charge in [-0.3, -0.25) is 0 Å². The van der Waals surface area contributed by atoms with E-state index in [4.69, 9.17) is 5.39 Å². The standard InChI is InChI=1S/C16H15N6/c1-11-18-15-6-4-3-5-14(15)16(19-11)22(2)13-9-7-12(8-10-13)20-21-17/h3-10,20H,1-2H3/q+1. The summed E-state index contributed by atoms with van der Waals surface area (Å²) in [5.74, 6) is 1.59. The van der Waals surface area contributed by atoms with Gasteiger partial charge in [0.1, 0.15) is 17.3 Å². The highest BCUT2D eigenvalue weighted by Crippen LogP contribution is 2.29. The van der Waals surface area contributed by atoms with Gasteiger partial charge in [-0.15, -0.1) is 0 Å². The molecule has 22 heavy (non-hydrogen) atoms. The first kappa shape index (κ1) is 13.8. The van der Waals surface area contributed by atoms with E-state index < -0.39 is 0 Å². The molecule has 3 aromatic rings. The predicted octanol–water partition coefficient (Wildman–Crippen LogP) is 3.89. The van der Waals surface area contributed by atoms with Crippen molar-refractivity contribution in [3.8, 4) is 0 Å². The number of benzene rings is 2. The lowest BCUT2D eigenvalue weighted by atomic mass is 10.2. The van der Waals surface area contributed by atoms with Gasteiger partial charge in [-0.2, -0.15) is 0 Å². The Bertz CT molecular complexity index is 851. The molecule has 0 aliphatic carbocycles. The molecule has 0 fully saturated rings. The van der Waals surface area contributed by atoms with Gasteiger partial charge in [0.25, 0.3) is 5.39 Å². The number of aromatic nitrogens is 2. The number of anilines is 3. The zero-order valence-electron chi connectivity index (χ0n) is 12.4. The van der Waals surface area contributed by atoms with E-state index in [1.807, 2.05) is 67.4 Å². The third-order valence-corrected chi connectivity index (χ3v) is 3.45. The molecule has 0 aliphatic rings. The fourth-order valence-electron chi connectivity index (χ4n) is 2.37. The molecule has 0 unspecified atom stereocenters. The highest BCUT2D eigenvalue weighted by atomic mass is 15.3. The summed E-state index contributed by atoms with van der Waals surface area (Å²) in [6.45, 7) is 1.89. The van der Waals surface area contributed by atoms with Crippen molar-refractivity contribution in [1.82, 2.24) is 9.97 Å². The molecule has 108 valence electrons. The van der Waals surface area contributed by atoms with Crippen molar-refractivity contribution in [3.05, 3.63) is 59.4 Å². The first-order chi connectivity index (χ1) is 10.7. The fraction of sp³-hybridized carbons (Fsp3) is 0.125. The highest BCUT2D eigenvalue weighted by Gasteiger charge is 2.12. The summed E-state index contributed by atoms with van der Waals surface area (Å²) in [6.07, 6.45) is 0. The van der Waals surface area contributed by atoms with Crippen molar-refractivity contribution >= 4 is 28.1 Å². The Hall–Kier alpha value is -3.20. The zero-order valence-corrected chi connectivity index (χ0v) is 12.4. The number of nitrogens with zero attached hydrogens (tertiary/aromatic N) is 5. The normalized spacial score (nSPS) is 10.2. The van der Waals surface area contributed by atoms with Crippen molar-refractivity contribution < 1.29 is 0 Å². The molecule has 0 spiro atoms. The van der Waals surface area contributed by atoms with Crippen LogP contribution in [0.4, 0.5) is 17.2 Å². The summed E-state index contributed by atoms with van der Waals surface area (Å²) in [7, 11) is 1.97. The topological polar surface area (TPSA) is 69.2 Å². The molecule has 0 aliphatic heterocycles. The van der Waals surface area contributed by atoms with E-state index in [-0.39, 0.29) is 0 Å². The molecular formula is C16H15N6+. The van der Waals surface area contributed by atoms with Crippen LogP contribution in [0.3, 0.4) is 0 Å². The Kier molecular flexibility index (Phi) is 3.54. The van der Waals surface area contributed by atoms with E-state index in [2.05, 4.69) is 20.5 Å². The van der Waals surface area contributed by atoms with E-state index in [1.54, 1.807) is 0 Å². The number of hydrogen-bond acceptors (Lipinski definition) is 5. The average Bonchev–Trinajstić information content (AvgIpc) is 2.54. The quantitative estimate of drug-likeness (QED) is 0.585. The monoisotopic (exact) mass is 291 g/mol. The lowest BCUT2D eigenvalue weighted by molar-refractivity contribution is 1.04. The van der Waals surface area contributed by atoms with Crippen molar-refractivity contribution in [1.29, 1.82) is 5.39 Å². The van der Waals surface area contributed by atoms with Gasteiger partial charge in [-0.1, -0.05) is 12.1 Å². The van der Waals surface area contributed by atoms with E-state index in [9.17, 15) is 0 Å². The van der Waals surface area contributed by atoms with E-state index in [1.165, 1.54) is 0 Å². The van der Waals surface area contributed by atoms with Gasteiger partial charge in [-0.25, -0.2) is 9.97 Å². The first-order valence-corrected chi connectivity index (χ1v) is 6.86. The van der Waals surface area contributed by atoms with Gasteiger partial charge >= 0.3 is 5.08 Å². The summed E-state index contributed by atoms with van der Waals surface area (Å²) in [6, 6.07) is 15.5. The van der Waals surface area contributed by atoms with Crippen LogP contribution in [0.15, 0.2) is 48.5 Å². The summed E-state index contributed by atoms with van der Waals surface area (Å²) >= 11 is 0. The molecule has 6 heteroatoms. The van der Waals surface area contributed by atoms with Gasteiger partial charge < -0.3 is 4.90 Å². The average molecular weight is 291 g/mol. The largest absolute Gasteiger partial charge is 0.329 e. The van der Waals surface area contributed by atoms with E-state index in [0.717, 1.165) is 28.2 Å². The Balaban J connectivity index is 2.05. The van der Waals surface area contributed by atoms with Crippen LogP contribution < -0.4 is 10.3 Å². The second kappa shape index (κ2) is 5.66. The number of nitrogens with one attached hydrogen (secondary N) is 1. The van der Waals surface area contributed by atoms with Crippen LogP contribution in [0.5, 0.6) is 0 Å². The van der Waals surface area contributed by atoms with Crippen LogP contribution in [0, 0.1) is 12.3 Å². The Morgan fingerprint density at radius 3 is 2.50 bits per heavy atom. The van der Waals surface area contributed by atoms with Crippen LogP contribution in [0.25, 0.3) is 16.0 Å². The molecule has 3 rings (SSSR count). The number of hydrogen-bond donors (Lipinski definition) is 1. The number of rotatable bonds is 3. The second-order valence-electron chi connectivity index (χ2n) is 4.93.